The van der Waals surface area contributed by atoms with E-state index in [-0.39, 0.29) is 5.97 Å². The van der Waals surface area contributed by atoms with Gasteiger partial charge in [0, 0.05) is 42.9 Å². The van der Waals surface area contributed by atoms with Crippen molar-refractivity contribution >= 4 is 49.2 Å². The predicted octanol–water partition coefficient (Wildman–Crippen LogP) is 7.47. The Bertz CT molecular complexity index is 1250. The third kappa shape index (κ3) is 3.42. The van der Waals surface area contributed by atoms with E-state index in [1.54, 1.807) is 0 Å². The largest absolute Gasteiger partial charge is 0.454 e. The molecule has 5 rings (SSSR count). The fourth-order valence-electron chi connectivity index (χ4n) is 5.33. The number of hydrogen-bond donors (Lipinski definition) is 0. The molecule has 5 nitrogen and oxygen atoms in total. The second-order valence-corrected chi connectivity index (χ2v) is 10.2. The number of anilines is 2. The van der Waals surface area contributed by atoms with Crippen molar-refractivity contribution in [2.75, 3.05) is 36.0 Å². The molecule has 3 aromatic carbocycles. The van der Waals surface area contributed by atoms with Gasteiger partial charge in [-0.05, 0) is 89.9 Å². The van der Waals surface area contributed by atoms with Crippen LogP contribution in [0.5, 0.6) is 11.5 Å². The van der Waals surface area contributed by atoms with Crippen LogP contribution in [0.25, 0.3) is 0 Å². The maximum absolute atomic E-state index is 13.2. The van der Waals surface area contributed by atoms with Crippen LogP contribution in [0.1, 0.15) is 54.7 Å². The topological polar surface area (TPSA) is 42.0 Å². The van der Waals surface area contributed by atoms with Gasteiger partial charge in [-0.1, -0.05) is 18.2 Å². The van der Waals surface area contributed by atoms with Gasteiger partial charge in [0.25, 0.3) is 0 Å². The molecule has 0 unspecified atom stereocenters. The molecule has 2 aliphatic heterocycles. The third-order valence-electron chi connectivity index (χ3n) is 7.10. The molecule has 182 valence electrons. The summed E-state index contributed by atoms with van der Waals surface area (Å²) < 4.78 is 14.7. The Labute approximate surface area is 223 Å². The Morgan fingerprint density at radius 2 is 1.20 bits per heavy atom. The van der Waals surface area contributed by atoms with E-state index in [0.29, 0.717) is 17.1 Å². The number of hydrogen-bond acceptors (Lipinski definition) is 5. The average molecular weight is 600 g/mol. The summed E-state index contributed by atoms with van der Waals surface area (Å²) >= 11 is 7.71. The lowest BCUT2D eigenvalue weighted by atomic mass is 9.77. The van der Waals surface area contributed by atoms with Crippen molar-refractivity contribution in [2.45, 2.75) is 33.3 Å². The van der Waals surface area contributed by atoms with E-state index in [4.69, 9.17) is 9.47 Å². The van der Waals surface area contributed by atoms with Crippen molar-refractivity contribution in [1.82, 2.24) is 0 Å². The molecular weight excluding hydrogens is 572 g/mol. The normalized spacial score (nSPS) is 14.6. The second kappa shape index (κ2) is 9.17. The number of ether oxygens (including phenoxy) is 2. The molecule has 2 aliphatic rings. The Morgan fingerprint density at radius 1 is 0.714 bits per heavy atom. The second-order valence-electron chi connectivity index (χ2n) is 8.61. The van der Waals surface area contributed by atoms with E-state index in [9.17, 15) is 4.79 Å². The Morgan fingerprint density at radius 3 is 1.69 bits per heavy atom. The van der Waals surface area contributed by atoms with E-state index >= 15 is 0 Å². The molecule has 7 heteroatoms. The van der Waals surface area contributed by atoms with Crippen molar-refractivity contribution < 1.29 is 14.3 Å². The number of benzene rings is 3. The molecule has 0 aliphatic carbocycles. The van der Waals surface area contributed by atoms with Crippen molar-refractivity contribution in [2.24, 2.45) is 0 Å². The summed E-state index contributed by atoms with van der Waals surface area (Å²) in [6, 6.07) is 15.9. The number of nitrogens with zero attached hydrogens (tertiary/aromatic N) is 2. The summed E-state index contributed by atoms with van der Waals surface area (Å²) in [6.07, 6.45) is 0. The number of halogens is 2. The molecule has 0 bridgehead atoms. The molecule has 0 atom stereocenters. The first-order valence-corrected chi connectivity index (χ1v) is 13.7. The Balaban J connectivity index is 1.84. The summed E-state index contributed by atoms with van der Waals surface area (Å²) in [4.78, 5) is 17.7. The maximum Gasteiger partial charge on any atom is 0.340 e. The van der Waals surface area contributed by atoms with Crippen LogP contribution in [-0.4, -0.2) is 32.1 Å². The van der Waals surface area contributed by atoms with E-state index in [1.807, 2.05) is 36.4 Å². The van der Waals surface area contributed by atoms with Crippen molar-refractivity contribution in [3.63, 3.8) is 0 Å². The van der Waals surface area contributed by atoms with Crippen LogP contribution >= 0.6 is 31.9 Å². The first-order chi connectivity index (χ1) is 16.9. The minimum Gasteiger partial charge on any atom is -0.454 e. The third-order valence-corrected chi connectivity index (χ3v) is 8.63. The van der Waals surface area contributed by atoms with Crippen LogP contribution in [0.4, 0.5) is 11.4 Å². The lowest BCUT2D eigenvalue weighted by molar-refractivity contribution is 0.0223. The van der Waals surface area contributed by atoms with Crippen molar-refractivity contribution in [3.8, 4) is 11.5 Å². The first kappa shape index (κ1) is 24.2. The molecule has 0 fully saturated rings. The van der Waals surface area contributed by atoms with Gasteiger partial charge < -0.3 is 19.3 Å². The number of fused-ring (bicyclic) bond motifs is 6. The molecule has 0 saturated carbocycles. The number of esters is 1. The summed E-state index contributed by atoms with van der Waals surface area (Å²) in [6.45, 7) is 12.0. The standard InChI is InChI=1S/C28H28Br2N2O3/c1-5-31(6-2)21-15-13-19-25(23(21)29)34-26-20(14-16-22(24(26)30)32(7-3)8-4)28(19)18-12-10-9-11-17(18)27(33)35-28/h9-16H,5-8H2,1-4H3. The molecule has 0 amide bonds. The number of carbonyl (C=O) groups is 1. The van der Waals surface area contributed by atoms with Gasteiger partial charge >= 0.3 is 5.97 Å². The highest BCUT2D eigenvalue weighted by atomic mass is 79.9. The average Bonchev–Trinajstić information content (AvgIpc) is 3.17. The maximum atomic E-state index is 13.2. The van der Waals surface area contributed by atoms with Gasteiger partial charge in [-0.15, -0.1) is 0 Å². The van der Waals surface area contributed by atoms with Gasteiger partial charge in [0.2, 0.25) is 0 Å². The van der Waals surface area contributed by atoms with Crippen LogP contribution in [0.2, 0.25) is 0 Å². The van der Waals surface area contributed by atoms with E-state index in [1.165, 1.54) is 0 Å². The SMILES string of the molecule is CCN(CC)c1ccc2c(c1Br)Oc1c(ccc(N(CC)CC)c1Br)C21OC(=O)c2ccccc21. The van der Waals surface area contributed by atoms with Crippen molar-refractivity contribution in [3.05, 3.63) is 79.7 Å². The van der Waals surface area contributed by atoms with E-state index in [0.717, 1.165) is 63.2 Å². The van der Waals surface area contributed by atoms with Gasteiger partial charge in [-0.2, -0.15) is 0 Å². The van der Waals surface area contributed by atoms with Crippen LogP contribution in [0, 0.1) is 0 Å². The molecule has 0 saturated heterocycles. The summed E-state index contributed by atoms with van der Waals surface area (Å²) in [5.74, 6) is 1.01. The van der Waals surface area contributed by atoms with Gasteiger partial charge in [0.05, 0.1) is 25.9 Å². The molecule has 35 heavy (non-hydrogen) atoms. The summed E-state index contributed by atoms with van der Waals surface area (Å²) in [5.41, 5.74) is 4.04. The zero-order chi connectivity index (χ0) is 24.9. The van der Waals surface area contributed by atoms with Gasteiger partial charge in [0.15, 0.2) is 17.1 Å². The predicted molar refractivity (Wildman–Crippen MR) is 147 cm³/mol. The molecule has 0 N–H and O–H groups in total. The Hall–Kier alpha value is -2.51. The van der Waals surface area contributed by atoms with Crippen LogP contribution < -0.4 is 14.5 Å². The highest BCUT2D eigenvalue weighted by Crippen LogP contribution is 2.60. The molecule has 1 spiro atoms. The van der Waals surface area contributed by atoms with Crippen LogP contribution in [-0.2, 0) is 10.3 Å². The fourth-order valence-corrected chi connectivity index (χ4v) is 6.68. The van der Waals surface area contributed by atoms with Crippen molar-refractivity contribution in [1.29, 1.82) is 0 Å². The lowest BCUT2D eigenvalue weighted by Crippen LogP contribution is -2.34. The van der Waals surface area contributed by atoms with E-state index in [2.05, 4.69) is 81.5 Å². The van der Waals surface area contributed by atoms with Gasteiger partial charge in [-0.25, -0.2) is 4.79 Å². The minimum atomic E-state index is -1.09. The lowest BCUT2D eigenvalue weighted by Gasteiger charge is -2.39. The molecular formula is C28H28Br2N2O3. The van der Waals surface area contributed by atoms with Gasteiger partial charge in [-0.3, -0.25) is 0 Å². The fraction of sp³-hybridized carbons (Fsp3) is 0.321. The molecule has 3 aromatic rings. The van der Waals surface area contributed by atoms with Crippen LogP contribution in [0.15, 0.2) is 57.5 Å². The van der Waals surface area contributed by atoms with E-state index < -0.39 is 5.60 Å². The quantitative estimate of drug-likeness (QED) is 0.275. The highest BCUT2D eigenvalue weighted by Gasteiger charge is 2.54. The zero-order valence-corrected chi connectivity index (χ0v) is 23.5. The first-order valence-electron chi connectivity index (χ1n) is 12.1. The summed E-state index contributed by atoms with van der Waals surface area (Å²) in [7, 11) is 0. The Kier molecular flexibility index (Phi) is 6.34. The molecule has 0 radical (unpaired) electrons. The zero-order valence-electron chi connectivity index (χ0n) is 20.3. The highest BCUT2D eigenvalue weighted by molar-refractivity contribution is 9.11. The minimum absolute atomic E-state index is 0.327. The smallest absolute Gasteiger partial charge is 0.340 e. The summed E-state index contributed by atoms with van der Waals surface area (Å²) in [5, 5.41) is 0. The molecule has 2 heterocycles. The molecule has 0 aromatic heterocycles. The monoisotopic (exact) mass is 598 g/mol. The number of carbonyl (C=O) groups excluding carboxylic acids is 1. The number of rotatable bonds is 6. The van der Waals surface area contributed by atoms with Gasteiger partial charge in [0.1, 0.15) is 0 Å². The van der Waals surface area contributed by atoms with Crippen LogP contribution in [0.3, 0.4) is 0 Å².